The molecule has 8 heteroatoms. The molecule has 0 aliphatic carbocycles. The summed E-state index contributed by atoms with van der Waals surface area (Å²) in [6, 6.07) is 10.8. The maximum atomic E-state index is 12.9. The minimum Gasteiger partial charge on any atom is -0.494 e. The largest absolute Gasteiger partial charge is 0.494 e. The smallest absolute Gasteiger partial charge is 0.191 e. The lowest BCUT2D eigenvalue weighted by Gasteiger charge is -2.33. The van der Waals surface area contributed by atoms with Crippen LogP contribution in [0.15, 0.2) is 46.8 Å². The summed E-state index contributed by atoms with van der Waals surface area (Å²) in [6.07, 6.45) is 3.05. The van der Waals surface area contributed by atoms with Crippen molar-refractivity contribution in [3.63, 3.8) is 0 Å². The van der Waals surface area contributed by atoms with Crippen molar-refractivity contribution in [1.82, 2.24) is 10.6 Å². The van der Waals surface area contributed by atoms with Gasteiger partial charge in [0.2, 0.25) is 0 Å². The van der Waals surface area contributed by atoms with Gasteiger partial charge in [-0.2, -0.15) is 0 Å². The predicted octanol–water partition coefficient (Wildman–Crippen LogP) is 4.11. The maximum absolute atomic E-state index is 12.9. The highest BCUT2D eigenvalue weighted by molar-refractivity contribution is 14.0. The van der Waals surface area contributed by atoms with Gasteiger partial charge >= 0.3 is 0 Å². The van der Waals surface area contributed by atoms with Crippen LogP contribution in [-0.4, -0.2) is 45.3 Å². The van der Waals surface area contributed by atoms with Crippen LogP contribution in [0.4, 0.5) is 9.39 Å². The fourth-order valence-corrected chi connectivity index (χ4v) is 3.87. The number of rotatable bonds is 7. The molecule has 3 rings (SSSR count). The molecule has 1 saturated heterocycles. The molecule has 0 radical (unpaired) electrons. The van der Waals surface area contributed by atoms with E-state index in [4.69, 9.17) is 4.74 Å². The summed E-state index contributed by atoms with van der Waals surface area (Å²) in [5, 5.41) is 10.3. The standard InChI is InChI=1S/C20H27FN4OS.HI/c1-22-20(23-11-3-14-26-18-7-5-16(21)6-8-18)24-17-9-12-25(13-10-17)19-4-2-15-27-19;/h2,4-8,15,17H,3,9-14H2,1H3,(H2,22,23,24);1H. The molecule has 1 aliphatic heterocycles. The molecule has 2 heterocycles. The summed E-state index contributed by atoms with van der Waals surface area (Å²) in [5.74, 6) is 1.28. The summed E-state index contributed by atoms with van der Waals surface area (Å²) in [7, 11) is 1.80. The van der Waals surface area contributed by atoms with Gasteiger partial charge < -0.3 is 20.3 Å². The highest BCUT2D eigenvalue weighted by Crippen LogP contribution is 2.24. The Morgan fingerprint density at radius 3 is 2.64 bits per heavy atom. The van der Waals surface area contributed by atoms with Gasteiger partial charge in [0.15, 0.2) is 5.96 Å². The lowest BCUT2D eigenvalue weighted by Crippen LogP contribution is -2.48. The monoisotopic (exact) mass is 518 g/mol. The van der Waals surface area contributed by atoms with E-state index in [2.05, 4.69) is 38.0 Å². The van der Waals surface area contributed by atoms with Gasteiger partial charge in [-0.05, 0) is 61.0 Å². The van der Waals surface area contributed by atoms with Crippen molar-refractivity contribution < 1.29 is 9.13 Å². The highest BCUT2D eigenvalue weighted by atomic mass is 127. The van der Waals surface area contributed by atoms with Crippen LogP contribution in [0.1, 0.15) is 19.3 Å². The SMILES string of the molecule is CN=C(NCCCOc1ccc(F)cc1)NC1CCN(c2cccs2)CC1.I. The molecule has 1 aromatic heterocycles. The van der Waals surface area contributed by atoms with Crippen molar-refractivity contribution in [1.29, 1.82) is 0 Å². The Bertz CT molecular complexity index is 704. The van der Waals surface area contributed by atoms with E-state index in [1.54, 1.807) is 30.5 Å². The lowest BCUT2D eigenvalue weighted by atomic mass is 10.1. The number of aliphatic imine (C=N–C) groups is 1. The summed E-state index contributed by atoms with van der Waals surface area (Å²) in [4.78, 5) is 6.77. The van der Waals surface area contributed by atoms with E-state index < -0.39 is 0 Å². The van der Waals surface area contributed by atoms with E-state index in [9.17, 15) is 4.39 Å². The van der Waals surface area contributed by atoms with Crippen molar-refractivity contribution in [2.24, 2.45) is 4.99 Å². The van der Waals surface area contributed by atoms with Crippen LogP contribution < -0.4 is 20.3 Å². The fourth-order valence-electron chi connectivity index (χ4n) is 3.08. The van der Waals surface area contributed by atoms with Crippen LogP contribution in [0.5, 0.6) is 5.75 Å². The van der Waals surface area contributed by atoms with Gasteiger partial charge in [0.1, 0.15) is 11.6 Å². The number of thiophene rings is 1. The molecule has 0 bridgehead atoms. The molecule has 28 heavy (non-hydrogen) atoms. The first-order valence-electron chi connectivity index (χ1n) is 9.38. The van der Waals surface area contributed by atoms with Crippen LogP contribution in [0.25, 0.3) is 0 Å². The van der Waals surface area contributed by atoms with Crippen molar-refractivity contribution in [3.05, 3.63) is 47.6 Å². The number of piperidine rings is 1. The zero-order chi connectivity index (χ0) is 18.9. The Labute approximate surface area is 187 Å². The molecule has 0 amide bonds. The lowest BCUT2D eigenvalue weighted by molar-refractivity contribution is 0.310. The summed E-state index contributed by atoms with van der Waals surface area (Å²) in [6.45, 7) is 3.49. The summed E-state index contributed by atoms with van der Waals surface area (Å²) in [5.41, 5.74) is 0. The van der Waals surface area contributed by atoms with Crippen molar-refractivity contribution in [2.45, 2.75) is 25.3 Å². The molecule has 1 fully saturated rings. The molecule has 5 nitrogen and oxygen atoms in total. The molecule has 1 aromatic carbocycles. The second-order valence-electron chi connectivity index (χ2n) is 6.51. The Morgan fingerprint density at radius 2 is 2.00 bits per heavy atom. The van der Waals surface area contributed by atoms with Gasteiger partial charge in [0, 0.05) is 32.7 Å². The third-order valence-electron chi connectivity index (χ3n) is 4.57. The quantitative estimate of drug-likeness (QED) is 0.251. The number of hydrogen-bond donors (Lipinski definition) is 2. The van der Waals surface area contributed by atoms with Crippen LogP contribution in [-0.2, 0) is 0 Å². The highest BCUT2D eigenvalue weighted by Gasteiger charge is 2.20. The Hall–Kier alpha value is -1.55. The minimum absolute atomic E-state index is 0. The Morgan fingerprint density at radius 1 is 1.25 bits per heavy atom. The number of ether oxygens (including phenoxy) is 1. The van der Waals surface area contributed by atoms with Gasteiger partial charge in [0.25, 0.3) is 0 Å². The zero-order valence-corrected chi connectivity index (χ0v) is 19.2. The van der Waals surface area contributed by atoms with E-state index in [-0.39, 0.29) is 29.8 Å². The topological polar surface area (TPSA) is 48.9 Å². The molecular weight excluding hydrogens is 490 g/mol. The van der Waals surface area contributed by atoms with Crippen molar-refractivity contribution >= 4 is 46.3 Å². The number of benzene rings is 1. The molecular formula is C20H28FIN4OS. The first-order valence-corrected chi connectivity index (χ1v) is 10.3. The minimum atomic E-state index is -0.250. The summed E-state index contributed by atoms with van der Waals surface area (Å²) < 4.78 is 18.5. The van der Waals surface area contributed by atoms with E-state index in [1.807, 2.05) is 0 Å². The van der Waals surface area contributed by atoms with Crippen LogP contribution in [0.2, 0.25) is 0 Å². The molecule has 2 N–H and O–H groups in total. The molecule has 0 atom stereocenters. The normalized spacial score (nSPS) is 15.1. The number of halogens is 2. The Balaban J connectivity index is 0.00000280. The van der Waals surface area contributed by atoms with Gasteiger partial charge in [-0.25, -0.2) is 4.39 Å². The molecule has 0 spiro atoms. The first kappa shape index (κ1) is 22.7. The number of nitrogens with one attached hydrogen (secondary N) is 2. The van der Waals surface area contributed by atoms with Gasteiger partial charge in [-0.1, -0.05) is 0 Å². The van der Waals surface area contributed by atoms with Crippen LogP contribution >= 0.6 is 35.3 Å². The second-order valence-corrected chi connectivity index (χ2v) is 7.44. The van der Waals surface area contributed by atoms with Crippen LogP contribution in [0, 0.1) is 5.82 Å². The number of anilines is 1. The van der Waals surface area contributed by atoms with Crippen LogP contribution in [0.3, 0.4) is 0 Å². The summed E-state index contributed by atoms with van der Waals surface area (Å²) >= 11 is 1.80. The van der Waals surface area contributed by atoms with Gasteiger partial charge in [0.05, 0.1) is 11.6 Å². The first-order chi connectivity index (χ1) is 13.2. The van der Waals surface area contributed by atoms with Gasteiger partial charge in [-0.15, -0.1) is 35.3 Å². The molecule has 0 unspecified atom stereocenters. The average molecular weight is 518 g/mol. The number of guanidine groups is 1. The predicted molar refractivity (Wildman–Crippen MR) is 126 cm³/mol. The number of hydrogen-bond acceptors (Lipinski definition) is 4. The van der Waals surface area contributed by atoms with Gasteiger partial charge in [-0.3, -0.25) is 4.99 Å². The third-order valence-corrected chi connectivity index (χ3v) is 5.50. The van der Waals surface area contributed by atoms with Crippen molar-refractivity contribution in [3.8, 4) is 5.75 Å². The van der Waals surface area contributed by atoms with E-state index >= 15 is 0 Å². The van der Waals surface area contributed by atoms with E-state index in [0.29, 0.717) is 18.4 Å². The molecule has 0 saturated carbocycles. The third kappa shape index (κ3) is 7.12. The second kappa shape index (κ2) is 12.1. The average Bonchev–Trinajstić information content (AvgIpc) is 3.23. The van der Waals surface area contributed by atoms with Crippen molar-refractivity contribution in [2.75, 3.05) is 38.2 Å². The molecule has 2 aromatic rings. The Kier molecular flexibility index (Phi) is 9.83. The molecule has 154 valence electrons. The van der Waals surface area contributed by atoms with E-state index in [0.717, 1.165) is 44.9 Å². The molecule has 1 aliphatic rings. The van der Waals surface area contributed by atoms with E-state index in [1.165, 1.54) is 17.1 Å². The zero-order valence-electron chi connectivity index (χ0n) is 16.1. The maximum Gasteiger partial charge on any atom is 0.191 e. The fraction of sp³-hybridized carbons (Fsp3) is 0.450. The number of nitrogens with zero attached hydrogens (tertiary/aromatic N) is 2.